The first kappa shape index (κ1) is 25.1. The Morgan fingerprint density at radius 3 is 1.58 bits per heavy atom. The average molecular weight is 443 g/mol. The zero-order chi connectivity index (χ0) is 22.8. The van der Waals surface area contributed by atoms with Gasteiger partial charge in [0.05, 0.1) is 6.42 Å². The van der Waals surface area contributed by atoms with Gasteiger partial charge < -0.3 is 24.1 Å². The predicted octanol–water partition coefficient (Wildman–Crippen LogP) is 2.07. The summed E-state index contributed by atoms with van der Waals surface area (Å²) in [6, 6.07) is 0. The van der Waals surface area contributed by atoms with Crippen LogP contribution in [0.25, 0.3) is 0 Å². The molecule has 1 atom stereocenters. The van der Waals surface area contributed by atoms with E-state index in [0.29, 0.717) is 11.8 Å². The molecule has 176 valence electrons. The minimum atomic E-state index is -1.80. The second kappa shape index (κ2) is 12.6. The number of aliphatic hydroxyl groups is 1. The molecule has 2 saturated carbocycles. The molecule has 2 aliphatic rings. The number of rotatable bonds is 9. The normalized spacial score (nSPS) is 26.9. The molecule has 0 amide bonds. The third-order valence-corrected chi connectivity index (χ3v) is 5.84. The summed E-state index contributed by atoms with van der Waals surface area (Å²) in [7, 11) is 0. The van der Waals surface area contributed by atoms with Gasteiger partial charge in [-0.25, -0.2) is 14.4 Å². The molecule has 2 aliphatic carbocycles. The SMILES string of the molecule is CC1CCC(OC(=O)COC(=O)CC(O)C(=O)OCC(=O)OC2CCC(C)CC2)CC1. The Kier molecular flexibility index (Phi) is 10.2. The van der Waals surface area contributed by atoms with Crippen LogP contribution >= 0.6 is 0 Å². The van der Waals surface area contributed by atoms with Crippen LogP contribution in [0, 0.1) is 11.8 Å². The molecule has 0 aliphatic heterocycles. The van der Waals surface area contributed by atoms with Crippen molar-refractivity contribution < 1.29 is 43.2 Å². The number of esters is 4. The Hall–Kier alpha value is -2.16. The van der Waals surface area contributed by atoms with Crippen molar-refractivity contribution >= 4 is 23.9 Å². The summed E-state index contributed by atoms with van der Waals surface area (Å²) in [5, 5.41) is 9.76. The van der Waals surface area contributed by atoms with Crippen LogP contribution in [-0.2, 0) is 38.1 Å². The zero-order valence-corrected chi connectivity index (χ0v) is 18.4. The van der Waals surface area contributed by atoms with Crippen LogP contribution in [-0.4, -0.2) is 60.5 Å². The van der Waals surface area contributed by atoms with Crippen LogP contribution in [0.5, 0.6) is 0 Å². The second-order valence-electron chi connectivity index (χ2n) is 8.73. The molecular formula is C22H34O9. The lowest BCUT2D eigenvalue weighted by atomic mass is 9.89. The Bertz CT molecular complexity index is 616. The lowest BCUT2D eigenvalue weighted by Crippen LogP contribution is -2.31. The molecule has 1 N–H and O–H groups in total. The summed E-state index contributed by atoms with van der Waals surface area (Å²) in [6.45, 7) is 3.07. The van der Waals surface area contributed by atoms with Crippen LogP contribution in [0.15, 0.2) is 0 Å². The minimum absolute atomic E-state index is 0.167. The predicted molar refractivity (Wildman–Crippen MR) is 108 cm³/mol. The molecule has 0 saturated heterocycles. The molecule has 0 heterocycles. The summed E-state index contributed by atoms with van der Waals surface area (Å²) in [5.41, 5.74) is 0. The van der Waals surface area contributed by atoms with E-state index in [1.807, 2.05) is 0 Å². The van der Waals surface area contributed by atoms with Gasteiger partial charge in [0.1, 0.15) is 12.2 Å². The molecule has 1 unspecified atom stereocenters. The first-order valence-corrected chi connectivity index (χ1v) is 11.1. The summed E-state index contributed by atoms with van der Waals surface area (Å²) in [4.78, 5) is 47.0. The van der Waals surface area contributed by atoms with Gasteiger partial charge >= 0.3 is 23.9 Å². The molecule has 2 fully saturated rings. The van der Waals surface area contributed by atoms with Gasteiger partial charge in [0.2, 0.25) is 0 Å². The molecule has 2 rings (SSSR count). The van der Waals surface area contributed by atoms with E-state index in [0.717, 1.165) is 51.4 Å². The second-order valence-corrected chi connectivity index (χ2v) is 8.73. The largest absolute Gasteiger partial charge is 0.460 e. The summed E-state index contributed by atoms with van der Waals surface area (Å²) >= 11 is 0. The number of aliphatic hydroxyl groups excluding tert-OH is 1. The molecule has 9 nitrogen and oxygen atoms in total. The molecule has 9 heteroatoms. The van der Waals surface area contributed by atoms with E-state index in [1.54, 1.807) is 0 Å². The summed E-state index contributed by atoms with van der Waals surface area (Å²) in [6.07, 6.45) is 4.21. The Morgan fingerprint density at radius 2 is 1.13 bits per heavy atom. The maximum absolute atomic E-state index is 11.8. The molecule has 31 heavy (non-hydrogen) atoms. The van der Waals surface area contributed by atoms with Gasteiger partial charge in [-0.2, -0.15) is 0 Å². The number of hydrogen-bond donors (Lipinski definition) is 1. The molecule has 0 bridgehead atoms. The Morgan fingerprint density at radius 1 is 0.710 bits per heavy atom. The van der Waals surface area contributed by atoms with E-state index in [-0.39, 0.29) is 12.2 Å². The molecule has 0 aromatic carbocycles. The Balaban J connectivity index is 1.57. The summed E-state index contributed by atoms with van der Waals surface area (Å²) in [5.74, 6) is -2.21. The first-order valence-electron chi connectivity index (χ1n) is 11.1. The minimum Gasteiger partial charge on any atom is -0.460 e. The maximum atomic E-state index is 11.8. The van der Waals surface area contributed by atoms with Crippen LogP contribution < -0.4 is 0 Å². The third-order valence-electron chi connectivity index (χ3n) is 5.84. The van der Waals surface area contributed by atoms with Crippen LogP contribution in [0.3, 0.4) is 0 Å². The number of hydrogen-bond acceptors (Lipinski definition) is 9. The van der Waals surface area contributed by atoms with E-state index < -0.39 is 49.6 Å². The van der Waals surface area contributed by atoms with Crippen molar-refractivity contribution in [1.82, 2.24) is 0 Å². The topological polar surface area (TPSA) is 125 Å². The highest BCUT2D eigenvalue weighted by Crippen LogP contribution is 2.26. The molecule has 0 radical (unpaired) electrons. The quantitative estimate of drug-likeness (QED) is 0.422. The number of carbonyl (C=O) groups excluding carboxylic acids is 4. The van der Waals surface area contributed by atoms with E-state index in [4.69, 9.17) is 18.9 Å². The van der Waals surface area contributed by atoms with Gasteiger partial charge in [-0.15, -0.1) is 0 Å². The van der Waals surface area contributed by atoms with E-state index >= 15 is 0 Å². The third kappa shape index (κ3) is 9.67. The van der Waals surface area contributed by atoms with Crippen LogP contribution in [0.4, 0.5) is 0 Å². The highest BCUT2D eigenvalue weighted by Gasteiger charge is 2.26. The van der Waals surface area contributed by atoms with Crippen LogP contribution in [0.2, 0.25) is 0 Å². The average Bonchev–Trinajstić information content (AvgIpc) is 2.74. The van der Waals surface area contributed by atoms with Gasteiger partial charge in [0.25, 0.3) is 0 Å². The fourth-order valence-corrected chi connectivity index (χ4v) is 3.80. The van der Waals surface area contributed by atoms with Gasteiger partial charge in [0.15, 0.2) is 19.3 Å². The van der Waals surface area contributed by atoms with Gasteiger partial charge in [0, 0.05) is 0 Å². The van der Waals surface area contributed by atoms with Crippen molar-refractivity contribution in [3.05, 3.63) is 0 Å². The highest BCUT2D eigenvalue weighted by molar-refractivity contribution is 5.84. The lowest BCUT2D eigenvalue weighted by Gasteiger charge is -2.26. The van der Waals surface area contributed by atoms with Gasteiger partial charge in [-0.05, 0) is 63.2 Å². The number of carbonyl (C=O) groups is 4. The van der Waals surface area contributed by atoms with Crippen molar-refractivity contribution in [2.75, 3.05) is 13.2 Å². The van der Waals surface area contributed by atoms with E-state index in [9.17, 15) is 24.3 Å². The Labute approximate surface area is 182 Å². The van der Waals surface area contributed by atoms with Gasteiger partial charge in [-0.1, -0.05) is 13.8 Å². The molecule has 0 aromatic rings. The van der Waals surface area contributed by atoms with Crippen molar-refractivity contribution in [1.29, 1.82) is 0 Å². The van der Waals surface area contributed by atoms with Gasteiger partial charge in [-0.3, -0.25) is 4.79 Å². The fourth-order valence-electron chi connectivity index (χ4n) is 3.80. The van der Waals surface area contributed by atoms with Crippen molar-refractivity contribution in [3.8, 4) is 0 Å². The molecule has 0 spiro atoms. The first-order chi connectivity index (χ1) is 14.7. The summed E-state index contributed by atoms with van der Waals surface area (Å²) < 4.78 is 19.9. The standard InChI is InChI=1S/C22H34O9/c1-14-3-7-16(8-4-14)30-20(25)12-28-19(24)11-18(23)22(27)29-13-21(26)31-17-9-5-15(2)6-10-17/h14-18,23H,3-13H2,1-2H3. The highest BCUT2D eigenvalue weighted by atomic mass is 16.6. The smallest absolute Gasteiger partial charge is 0.344 e. The van der Waals surface area contributed by atoms with Crippen molar-refractivity contribution in [2.24, 2.45) is 11.8 Å². The zero-order valence-electron chi connectivity index (χ0n) is 18.4. The monoisotopic (exact) mass is 442 g/mol. The van der Waals surface area contributed by atoms with Crippen molar-refractivity contribution in [3.63, 3.8) is 0 Å². The van der Waals surface area contributed by atoms with E-state index in [1.165, 1.54) is 0 Å². The maximum Gasteiger partial charge on any atom is 0.344 e. The number of ether oxygens (including phenoxy) is 4. The van der Waals surface area contributed by atoms with Crippen molar-refractivity contribution in [2.45, 2.75) is 89.9 Å². The lowest BCUT2D eigenvalue weighted by molar-refractivity contribution is -0.171. The fraction of sp³-hybridized carbons (Fsp3) is 0.818. The molecule has 0 aromatic heterocycles. The van der Waals surface area contributed by atoms with E-state index in [2.05, 4.69) is 13.8 Å². The van der Waals surface area contributed by atoms with Crippen LogP contribution in [0.1, 0.15) is 71.6 Å². The molecular weight excluding hydrogens is 408 g/mol.